The highest BCUT2D eigenvalue weighted by Gasteiger charge is 2.62. The van der Waals surface area contributed by atoms with Crippen LogP contribution in [-0.4, -0.2) is 80.7 Å². The molecule has 3 heterocycles. The molecule has 0 bridgehead atoms. The molecular formula is C32H44N4O8. The van der Waals surface area contributed by atoms with E-state index in [-0.39, 0.29) is 18.9 Å². The first-order valence-electron chi connectivity index (χ1n) is 15.7. The van der Waals surface area contributed by atoms with Gasteiger partial charge in [-0.05, 0) is 57.1 Å². The number of carboxylic acids is 1. The maximum Gasteiger partial charge on any atom is 0.410 e. The van der Waals surface area contributed by atoms with E-state index in [9.17, 15) is 29.1 Å². The number of carboxylic acid groups (broad SMARTS) is 1. The number of carbonyl (C=O) groups excluding carboxylic acids is 4. The lowest BCUT2D eigenvalue weighted by molar-refractivity contribution is -0.146. The zero-order valence-electron chi connectivity index (χ0n) is 25.8. The van der Waals surface area contributed by atoms with Gasteiger partial charge in [0.2, 0.25) is 11.8 Å². The highest BCUT2D eigenvalue weighted by molar-refractivity contribution is 5.96. The van der Waals surface area contributed by atoms with Crippen LogP contribution in [0.4, 0.5) is 9.59 Å². The second-order valence-electron chi connectivity index (χ2n) is 13.6. The Kier molecular flexibility index (Phi) is 9.08. The molecular weight excluding hydrogens is 568 g/mol. The van der Waals surface area contributed by atoms with Crippen molar-refractivity contribution in [2.45, 2.75) is 121 Å². The lowest BCUT2D eigenvalue weighted by Crippen LogP contribution is -2.56. The van der Waals surface area contributed by atoms with Crippen LogP contribution in [0.25, 0.3) is 0 Å². The molecule has 44 heavy (non-hydrogen) atoms. The van der Waals surface area contributed by atoms with Gasteiger partial charge in [-0.15, -0.1) is 0 Å². The SMILES string of the molecule is CC(C)(C)OC(=O)N[C@H]1CCCCCCC[C@@H]2C[C@@]2(C(=O)O)NC(=O)[C@@H]2C[C@@H](OC(=O)N3Cc4ccccc4C3)CN2C1=O. The molecule has 5 rings (SSSR count). The Hall–Kier alpha value is -3.83. The van der Waals surface area contributed by atoms with Gasteiger partial charge in [-0.1, -0.05) is 56.4 Å². The summed E-state index contributed by atoms with van der Waals surface area (Å²) < 4.78 is 11.3. The molecule has 0 spiro atoms. The van der Waals surface area contributed by atoms with Gasteiger partial charge in [0.1, 0.15) is 29.3 Å². The summed E-state index contributed by atoms with van der Waals surface area (Å²) in [6, 6.07) is 5.71. The fraction of sp³-hybridized carbons (Fsp3) is 0.656. The first kappa shape index (κ1) is 31.6. The maximum atomic E-state index is 14.1. The van der Waals surface area contributed by atoms with Gasteiger partial charge in [0.05, 0.1) is 6.54 Å². The molecule has 1 aromatic carbocycles. The molecule has 3 aliphatic heterocycles. The second kappa shape index (κ2) is 12.6. The predicted molar refractivity (Wildman–Crippen MR) is 158 cm³/mol. The van der Waals surface area contributed by atoms with Crippen LogP contribution in [0.2, 0.25) is 0 Å². The van der Waals surface area contributed by atoms with Crippen molar-refractivity contribution in [2.24, 2.45) is 5.92 Å². The quantitative estimate of drug-likeness (QED) is 0.467. The summed E-state index contributed by atoms with van der Waals surface area (Å²) in [6.45, 7) is 5.93. The van der Waals surface area contributed by atoms with Crippen LogP contribution in [0.15, 0.2) is 24.3 Å². The number of nitrogens with zero attached hydrogens (tertiary/aromatic N) is 2. The topological polar surface area (TPSA) is 155 Å². The van der Waals surface area contributed by atoms with Crippen molar-refractivity contribution in [3.05, 3.63) is 35.4 Å². The van der Waals surface area contributed by atoms with E-state index in [4.69, 9.17) is 9.47 Å². The van der Waals surface area contributed by atoms with Crippen LogP contribution in [0.5, 0.6) is 0 Å². The monoisotopic (exact) mass is 612 g/mol. The van der Waals surface area contributed by atoms with Gasteiger partial charge >= 0.3 is 18.2 Å². The molecule has 1 aliphatic carbocycles. The van der Waals surface area contributed by atoms with Crippen LogP contribution in [0, 0.1) is 5.92 Å². The molecule has 0 aromatic heterocycles. The third-order valence-electron chi connectivity index (χ3n) is 9.08. The number of hydrogen-bond donors (Lipinski definition) is 3. The normalized spacial score (nSPS) is 29.2. The number of aliphatic carboxylic acids is 1. The molecule has 1 aromatic rings. The number of alkyl carbamates (subject to hydrolysis) is 1. The molecule has 5 atom stereocenters. The number of carbonyl (C=O) groups is 5. The Morgan fingerprint density at radius 1 is 1.00 bits per heavy atom. The standard InChI is InChI=1S/C32H44N4O8/c1-31(2,3)44-29(41)33-24-14-8-6-4-5-7-13-22-16-32(22,28(39)40)34-26(37)25-15-23(19-36(25)27(24)38)43-30(42)35-17-20-11-9-10-12-21(20)18-35/h9-12,22-25H,4-8,13-19H2,1-3H3,(H,33,41)(H,34,37)(H,39,40)/t22-,23-,24+,25+,32-/m1/s1. The largest absolute Gasteiger partial charge is 0.479 e. The van der Waals surface area contributed by atoms with Gasteiger partial charge in [0.25, 0.3) is 0 Å². The van der Waals surface area contributed by atoms with E-state index in [2.05, 4.69) is 10.6 Å². The minimum absolute atomic E-state index is 0.0175. The number of ether oxygens (including phenoxy) is 2. The van der Waals surface area contributed by atoms with E-state index in [1.807, 2.05) is 24.3 Å². The fourth-order valence-electron chi connectivity index (χ4n) is 6.68. The van der Waals surface area contributed by atoms with Gasteiger partial charge < -0.3 is 30.1 Å². The lowest BCUT2D eigenvalue weighted by Gasteiger charge is -2.30. The average molecular weight is 613 g/mol. The van der Waals surface area contributed by atoms with Gasteiger partial charge in [-0.25, -0.2) is 14.4 Å². The molecule has 0 unspecified atom stereocenters. The summed E-state index contributed by atoms with van der Waals surface area (Å²) >= 11 is 0. The first-order chi connectivity index (χ1) is 20.9. The van der Waals surface area contributed by atoms with Crippen LogP contribution < -0.4 is 10.6 Å². The summed E-state index contributed by atoms with van der Waals surface area (Å²) in [7, 11) is 0. The van der Waals surface area contributed by atoms with E-state index in [1.54, 1.807) is 25.7 Å². The van der Waals surface area contributed by atoms with Gasteiger partial charge in [0.15, 0.2) is 0 Å². The van der Waals surface area contributed by atoms with Gasteiger partial charge in [0, 0.05) is 19.5 Å². The minimum Gasteiger partial charge on any atom is -0.479 e. The van der Waals surface area contributed by atoms with Crippen molar-refractivity contribution in [2.75, 3.05) is 6.54 Å². The van der Waals surface area contributed by atoms with Crippen LogP contribution in [-0.2, 0) is 36.9 Å². The number of fused-ring (bicyclic) bond motifs is 3. The van der Waals surface area contributed by atoms with Crippen LogP contribution in [0.1, 0.15) is 89.7 Å². The zero-order chi connectivity index (χ0) is 31.6. The molecule has 4 amide bonds. The second-order valence-corrected chi connectivity index (χ2v) is 13.6. The Morgan fingerprint density at radius 3 is 2.27 bits per heavy atom. The smallest absolute Gasteiger partial charge is 0.410 e. The van der Waals surface area contributed by atoms with Crippen molar-refractivity contribution in [3.8, 4) is 0 Å². The fourth-order valence-corrected chi connectivity index (χ4v) is 6.68. The Labute approximate surface area is 257 Å². The van der Waals surface area contributed by atoms with Gasteiger partial charge in [-0.2, -0.15) is 0 Å². The average Bonchev–Trinajstić information content (AvgIpc) is 3.27. The zero-order valence-corrected chi connectivity index (χ0v) is 25.8. The Bertz CT molecular complexity index is 1270. The molecule has 3 fully saturated rings. The van der Waals surface area contributed by atoms with E-state index in [0.29, 0.717) is 38.8 Å². The minimum atomic E-state index is -1.36. The summed E-state index contributed by atoms with van der Waals surface area (Å²) in [5.74, 6) is -2.35. The molecule has 0 radical (unpaired) electrons. The third kappa shape index (κ3) is 7.10. The summed E-state index contributed by atoms with van der Waals surface area (Å²) in [6.07, 6.45) is 3.52. The number of amides is 4. The van der Waals surface area contributed by atoms with E-state index in [0.717, 1.165) is 36.8 Å². The third-order valence-corrected chi connectivity index (χ3v) is 9.08. The van der Waals surface area contributed by atoms with Crippen molar-refractivity contribution in [1.82, 2.24) is 20.4 Å². The predicted octanol–water partition coefficient (Wildman–Crippen LogP) is 3.71. The van der Waals surface area contributed by atoms with E-state index < -0.39 is 59.3 Å². The Morgan fingerprint density at radius 2 is 1.64 bits per heavy atom. The molecule has 2 saturated heterocycles. The molecule has 3 N–H and O–H groups in total. The summed E-state index contributed by atoms with van der Waals surface area (Å²) in [4.78, 5) is 69.0. The van der Waals surface area contributed by atoms with Crippen LogP contribution >= 0.6 is 0 Å². The van der Waals surface area contributed by atoms with Crippen molar-refractivity contribution in [1.29, 1.82) is 0 Å². The Balaban J connectivity index is 1.36. The molecule has 240 valence electrons. The van der Waals surface area contributed by atoms with Crippen molar-refractivity contribution < 1.29 is 38.6 Å². The van der Waals surface area contributed by atoms with Crippen LogP contribution in [0.3, 0.4) is 0 Å². The number of benzene rings is 1. The number of rotatable bonds is 3. The van der Waals surface area contributed by atoms with Crippen molar-refractivity contribution in [3.63, 3.8) is 0 Å². The van der Waals surface area contributed by atoms with Crippen molar-refractivity contribution >= 4 is 30.0 Å². The highest BCUT2D eigenvalue weighted by Crippen LogP contribution is 2.47. The summed E-state index contributed by atoms with van der Waals surface area (Å²) in [5.41, 5.74) is -0.0705. The lowest BCUT2D eigenvalue weighted by atomic mass is 10.0. The van der Waals surface area contributed by atoms with Gasteiger partial charge in [-0.3, -0.25) is 14.5 Å². The van der Waals surface area contributed by atoms with E-state index in [1.165, 1.54) is 4.90 Å². The maximum absolute atomic E-state index is 14.1. The highest BCUT2D eigenvalue weighted by atomic mass is 16.6. The molecule has 1 saturated carbocycles. The number of hydrogen-bond acceptors (Lipinski definition) is 7. The summed E-state index contributed by atoms with van der Waals surface area (Å²) in [5, 5.41) is 15.5. The first-order valence-corrected chi connectivity index (χ1v) is 15.7. The molecule has 4 aliphatic rings. The molecule has 12 heteroatoms. The number of nitrogens with one attached hydrogen (secondary N) is 2. The molecule has 12 nitrogen and oxygen atoms in total. The van der Waals surface area contributed by atoms with E-state index >= 15 is 0 Å².